The van der Waals surface area contributed by atoms with Gasteiger partial charge in [0.05, 0.1) is 5.92 Å². The van der Waals surface area contributed by atoms with Gasteiger partial charge in [-0.1, -0.05) is 6.42 Å². The Morgan fingerprint density at radius 3 is 2.90 bits per heavy atom. The van der Waals surface area contributed by atoms with Crippen LogP contribution in [0.1, 0.15) is 25.7 Å². The number of rotatable bonds is 2. The minimum absolute atomic E-state index is 0.0822. The van der Waals surface area contributed by atoms with Gasteiger partial charge in [-0.15, -0.1) is 14.8 Å². The third kappa shape index (κ3) is 2.66. The maximum atomic E-state index is 12.7. The highest BCUT2D eigenvalue weighted by Crippen LogP contribution is 2.38. The van der Waals surface area contributed by atoms with E-state index in [0.717, 1.165) is 0 Å². The van der Waals surface area contributed by atoms with Crippen LogP contribution in [0.15, 0.2) is 12.1 Å². The first-order valence-electron chi connectivity index (χ1n) is 6.41. The summed E-state index contributed by atoms with van der Waals surface area (Å²) in [6.07, 6.45) is -2.55. The van der Waals surface area contributed by atoms with E-state index in [4.69, 9.17) is 0 Å². The predicted octanol–water partition coefficient (Wildman–Crippen LogP) is 2.05. The molecular weight excluding hydrogens is 273 g/mol. The molecule has 1 saturated carbocycles. The van der Waals surface area contributed by atoms with Crippen molar-refractivity contribution in [3.8, 4) is 0 Å². The number of halogens is 3. The third-order valence-electron chi connectivity index (χ3n) is 3.56. The molecule has 3 rings (SSSR count). The van der Waals surface area contributed by atoms with Gasteiger partial charge in [0.15, 0.2) is 5.65 Å². The monoisotopic (exact) mass is 286 g/mol. The van der Waals surface area contributed by atoms with Crippen molar-refractivity contribution in [2.45, 2.75) is 37.9 Å². The van der Waals surface area contributed by atoms with Crippen LogP contribution in [0.3, 0.4) is 0 Å². The summed E-state index contributed by atoms with van der Waals surface area (Å²) in [7, 11) is 0. The molecule has 1 aliphatic carbocycles. The summed E-state index contributed by atoms with van der Waals surface area (Å²) in [5.41, 5.74) is 0.493. The highest BCUT2D eigenvalue weighted by atomic mass is 19.4. The first-order valence-corrected chi connectivity index (χ1v) is 6.41. The molecule has 1 fully saturated rings. The smallest absolute Gasteiger partial charge is 0.366 e. The first-order chi connectivity index (χ1) is 9.52. The number of tetrazole rings is 1. The highest BCUT2D eigenvalue weighted by Gasteiger charge is 2.42. The van der Waals surface area contributed by atoms with E-state index in [1.807, 2.05) is 0 Å². The minimum atomic E-state index is -4.12. The van der Waals surface area contributed by atoms with Crippen LogP contribution in [0.25, 0.3) is 5.65 Å². The van der Waals surface area contributed by atoms with E-state index in [9.17, 15) is 13.2 Å². The van der Waals surface area contributed by atoms with E-state index >= 15 is 0 Å². The molecule has 0 spiro atoms. The number of aromatic nitrogens is 5. The molecule has 2 aromatic heterocycles. The lowest BCUT2D eigenvalue weighted by molar-refractivity contribution is -0.182. The van der Waals surface area contributed by atoms with Crippen molar-refractivity contribution in [3.63, 3.8) is 0 Å². The maximum Gasteiger partial charge on any atom is 0.391 e. The summed E-state index contributed by atoms with van der Waals surface area (Å²) in [5.74, 6) is -0.747. The Balaban J connectivity index is 1.70. The quantitative estimate of drug-likeness (QED) is 0.915. The molecule has 0 bridgehead atoms. The van der Waals surface area contributed by atoms with Crippen LogP contribution in [0.4, 0.5) is 19.0 Å². The zero-order chi connectivity index (χ0) is 14.2. The second-order valence-electron chi connectivity index (χ2n) is 4.99. The molecule has 0 saturated heterocycles. The zero-order valence-corrected chi connectivity index (χ0v) is 10.5. The van der Waals surface area contributed by atoms with Crippen LogP contribution in [-0.2, 0) is 0 Å². The highest BCUT2D eigenvalue weighted by molar-refractivity contribution is 5.42. The van der Waals surface area contributed by atoms with Gasteiger partial charge in [-0.3, -0.25) is 0 Å². The zero-order valence-electron chi connectivity index (χ0n) is 10.5. The molecule has 2 aromatic rings. The number of nitrogens with one attached hydrogen (secondary N) is 1. The summed E-state index contributed by atoms with van der Waals surface area (Å²) in [6, 6.07) is 3.11. The fraction of sp³-hybridized carbons (Fsp3) is 0.636. The average molecular weight is 286 g/mol. The van der Waals surface area contributed by atoms with Gasteiger partial charge in [-0.2, -0.15) is 13.2 Å². The molecular formula is C11H13F3N6. The van der Waals surface area contributed by atoms with Gasteiger partial charge in [0.2, 0.25) is 0 Å². The molecule has 0 aromatic carbocycles. The van der Waals surface area contributed by atoms with Gasteiger partial charge in [0, 0.05) is 6.04 Å². The van der Waals surface area contributed by atoms with E-state index in [0.29, 0.717) is 24.3 Å². The molecule has 2 heterocycles. The Kier molecular flexibility index (Phi) is 3.19. The van der Waals surface area contributed by atoms with Gasteiger partial charge < -0.3 is 5.32 Å². The maximum absolute atomic E-state index is 12.7. The SMILES string of the molecule is FC(F)(F)[C@@H]1CCC[C@H](Nc2ccc3nnnn3n2)C1. The molecule has 20 heavy (non-hydrogen) atoms. The summed E-state index contributed by atoms with van der Waals surface area (Å²) in [5, 5.41) is 18.0. The lowest BCUT2D eigenvalue weighted by atomic mass is 9.85. The van der Waals surface area contributed by atoms with Crippen LogP contribution in [0.2, 0.25) is 0 Å². The Hall–Kier alpha value is -1.93. The standard InChI is InChI=1S/C11H13F3N6/c12-11(13,14)7-2-1-3-8(6-7)15-9-4-5-10-16-18-19-20(10)17-9/h4-5,7-8H,1-3,6H2,(H,15,17)/t7-,8+/m1/s1. The minimum Gasteiger partial charge on any atom is -0.366 e. The molecule has 1 N–H and O–H groups in total. The topological polar surface area (TPSA) is 68.0 Å². The number of nitrogens with zero attached hydrogens (tertiary/aromatic N) is 5. The van der Waals surface area contributed by atoms with Crippen molar-refractivity contribution in [2.75, 3.05) is 5.32 Å². The summed E-state index contributed by atoms with van der Waals surface area (Å²) >= 11 is 0. The molecule has 6 nitrogen and oxygen atoms in total. The third-order valence-corrected chi connectivity index (χ3v) is 3.56. The summed E-state index contributed by atoms with van der Waals surface area (Å²) < 4.78 is 39.5. The van der Waals surface area contributed by atoms with Crippen molar-refractivity contribution in [2.24, 2.45) is 5.92 Å². The van der Waals surface area contributed by atoms with E-state index in [-0.39, 0.29) is 18.9 Å². The molecule has 0 aliphatic heterocycles. The average Bonchev–Trinajstić information content (AvgIpc) is 2.85. The van der Waals surface area contributed by atoms with Crippen LogP contribution in [0.5, 0.6) is 0 Å². The van der Waals surface area contributed by atoms with E-state index in [1.165, 1.54) is 4.63 Å². The molecule has 108 valence electrons. The number of hydrogen-bond donors (Lipinski definition) is 1. The van der Waals surface area contributed by atoms with Gasteiger partial charge >= 0.3 is 6.18 Å². The molecule has 0 radical (unpaired) electrons. The largest absolute Gasteiger partial charge is 0.391 e. The van der Waals surface area contributed by atoms with Gasteiger partial charge in [0.1, 0.15) is 5.82 Å². The molecule has 1 aliphatic rings. The number of anilines is 1. The molecule has 0 unspecified atom stereocenters. The van der Waals surface area contributed by atoms with Gasteiger partial charge in [0.25, 0.3) is 0 Å². The van der Waals surface area contributed by atoms with Crippen LogP contribution >= 0.6 is 0 Å². The second-order valence-corrected chi connectivity index (χ2v) is 4.99. The van der Waals surface area contributed by atoms with Crippen molar-refractivity contribution < 1.29 is 13.2 Å². The Labute approximate surface area is 112 Å². The van der Waals surface area contributed by atoms with Crippen molar-refractivity contribution >= 4 is 11.5 Å². The van der Waals surface area contributed by atoms with Crippen molar-refractivity contribution in [3.05, 3.63) is 12.1 Å². The summed E-state index contributed by atoms with van der Waals surface area (Å²) in [6.45, 7) is 0. The fourth-order valence-corrected chi connectivity index (χ4v) is 2.55. The van der Waals surface area contributed by atoms with Gasteiger partial charge in [-0.05, 0) is 41.8 Å². The Morgan fingerprint density at radius 1 is 1.25 bits per heavy atom. The normalized spacial score (nSPS) is 23.9. The number of alkyl halides is 3. The van der Waals surface area contributed by atoms with Gasteiger partial charge in [-0.25, -0.2) is 0 Å². The first kappa shape index (κ1) is 13.1. The number of hydrogen-bond acceptors (Lipinski definition) is 5. The van der Waals surface area contributed by atoms with E-state index in [2.05, 4.69) is 25.9 Å². The summed E-state index contributed by atoms with van der Waals surface area (Å²) in [4.78, 5) is 0. The molecule has 9 heteroatoms. The second kappa shape index (κ2) is 4.88. The molecule has 0 amide bonds. The Morgan fingerprint density at radius 2 is 2.10 bits per heavy atom. The number of fused-ring (bicyclic) bond motifs is 1. The van der Waals surface area contributed by atoms with E-state index < -0.39 is 12.1 Å². The van der Waals surface area contributed by atoms with Crippen LogP contribution in [-0.4, -0.2) is 37.5 Å². The fourth-order valence-electron chi connectivity index (χ4n) is 2.55. The lowest BCUT2D eigenvalue weighted by Gasteiger charge is -2.31. The van der Waals surface area contributed by atoms with Crippen LogP contribution in [0, 0.1) is 5.92 Å². The predicted molar refractivity (Wildman–Crippen MR) is 64.0 cm³/mol. The van der Waals surface area contributed by atoms with Crippen molar-refractivity contribution in [1.29, 1.82) is 0 Å². The van der Waals surface area contributed by atoms with E-state index in [1.54, 1.807) is 12.1 Å². The van der Waals surface area contributed by atoms with Crippen LogP contribution < -0.4 is 5.32 Å². The molecule has 2 atom stereocenters. The van der Waals surface area contributed by atoms with Crippen molar-refractivity contribution in [1.82, 2.24) is 25.3 Å². The Bertz CT molecular complexity index is 595. The lowest BCUT2D eigenvalue weighted by Crippen LogP contribution is -2.34.